The molecule has 0 aliphatic heterocycles. The first-order valence-electron chi connectivity index (χ1n) is 8.67. The predicted molar refractivity (Wildman–Crippen MR) is 107 cm³/mol. The van der Waals surface area contributed by atoms with E-state index < -0.39 is 39.8 Å². The van der Waals surface area contributed by atoms with Gasteiger partial charge in [0.2, 0.25) is 5.91 Å². The first-order valence-corrected chi connectivity index (χ1v) is 10.1. The minimum Gasteiger partial charge on any atom is -0.320 e. The monoisotopic (exact) mass is 416 g/mol. The van der Waals surface area contributed by atoms with Gasteiger partial charge in [0.05, 0.1) is 10.6 Å². The Labute approximate surface area is 167 Å². The topological polar surface area (TPSA) is 66.5 Å². The average molecular weight is 416 g/mol. The molecular weight excluding hydrogens is 398 g/mol. The maximum atomic E-state index is 13.8. The van der Waals surface area contributed by atoms with Gasteiger partial charge in [0, 0.05) is 0 Å². The lowest BCUT2D eigenvalue weighted by Gasteiger charge is -2.24. The molecule has 0 spiro atoms. The SMILES string of the molecule is Cc1ccc(N(CC(=O)Nc2c(F)cccc2F)S(=O)(=O)c2ccccc2)cc1. The van der Waals surface area contributed by atoms with Gasteiger partial charge in [-0.1, -0.05) is 42.0 Å². The van der Waals surface area contributed by atoms with Crippen molar-refractivity contribution in [2.75, 3.05) is 16.2 Å². The van der Waals surface area contributed by atoms with Crippen LogP contribution in [0.4, 0.5) is 20.2 Å². The molecule has 0 aliphatic carbocycles. The lowest BCUT2D eigenvalue weighted by atomic mass is 10.2. The second kappa shape index (κ2) is 8.40. The average Bonchev–Trinajstić information content (AvgIpc) is 2.70. The zero-order valence-electron chi connectivity index (χ0n) is 15.5. The van der Waals surface area contributed by atoms with Crippen molar-refractivity contribution in [3.05, 3.63) is 90.0 Å². The van der Waals surface area contributed by atoms with Crippen LogP contribution < -0.4 is 9.62 Å². The van der Waals surface area contributed by atoms with E-state index in [9.17, 15) is 22.0 Å². The van der Waals surface area contributed by atoms with Crippen molar-refractivity contribution in [3.63, 3.8) is 0 Å². The predicted octanol–water partition coefficient (Wildman–Crippen LogP) is 4.11. The number of halogens is 2. The van der Waals surface area contributed by atoms with Crippen LogP contribution in [0.3, 0.4) is 0 Å². The molecule has 0 radical (unpaired) electrons. The van der Waals surface area contributed by atoms with E-state index in [0.29, 0.717) is 0 Å². The number of hydrogen-bond acceptors (Lipinski definition) is 3. The highest BCUT2D eigenvalue weighted by Crippen LogP contribution is 2.25. The van der Waals surface area contributed by atoms with Crippen LogP contribution >= 0.6 is 0 Å². The number of carbonyl (C=O) groups excluding carboxylic acids is 1. The molecule has 0 unspecified atom stereocenters. The minimum atomic E-state index is -4.09. The highest BCUT2D eigenvalue weighted by atomic mass is 32.2. The molecule has 1 amide bonds. The number of benzene rings is 3. The summed E-state index contributed by atoms with van der Waals surface area (Å²) in [6, 6.07) is 17.3. The van der Waals surface area contributed by atoms with Gasteiger partial charge in [-0.25, -0.2) is 17.2 Å². The Kier molecular flexibility index (Phi) is 5.93. The maximum Gasteiger partial charge on any atom is 0.264 e. The third kappa shape index (κ3) is 4.60. The molecule has 0 bridgehead atoms. The summed E-state index contributed by atoms with van der Waals surface area (Å²) in [5.74, 6) is -2.79. The van der Waals surface area contributed by atoms with Crippen molar-refractivity contribution in [1.82, 2.24) is 0 Å². The van der Waals surface area contributed by atoms with Crippen LogP contribution in [0.5, 0.6) is 0 Å². The Morgan fingerprint density at radius 3 is 2.07 bits per heavy atom. The van der Waals surface area contributed by atoms with Gasteiger partial charge in [0.25, 0.3) is 10.0 Å². The molecule has 3 rings (SSSR count). The molecule has 29 heavy (non-hydrogen) atoms. The largest absolute Gasteiger partial charge is 0.320 e. The Morgan fingerprint density at radius 1 is 0.897 bits per heavy atom. The van der Waals surface area contributed by atoms with Crippen molar-refractivity contribution in [3.8, 4) is 0 Å². The summed E-state index contributed by atoms with van der Waals surface area (Å²) in [7, 11) is -4.09. The summed E-state index contributed by atoms with van der Waals surface area (Å²) >= 11 is 0. The molecule has 0 aliphatic rings. The summed E-state index contributed by atoms with van der Waals surface area (Å²) in [5.41, 5.74) is 0.533. The lowest BCUT2D eigenvalue weighted by Crippen LogP contribution is -2.38. The zero-order valence-corrected chi connectivity index (χ0v) is 16.3. The fourth-order valence-electron chi connectivity index (χ4n) is 2.67. The van der Waals surface area contributed by atoms with Crippen molar-refractivity contribution in [1.29, 1.82) is 0 Å². The molecule has 0 heterocycles. The molecule has 0 aromatic heterocycles. The Hall–Kier alpha value is -3.26. The third-order valence-electron chi connectivity index (χ3n) is 4.17. The van der Waals surface area contributed by atoms with Crippen molar-refractivity contribution >= 4 is 27.3 Å². The summed E-state index contributed by atoms with van der Waals surface area (Å²) in [6.45, 7) is 1.18. The number of nitrogens with one attached hydrogen (secondary N) is 1. The number of carbonyl (C=O) groups is 1. The van der Waals surface area contributed by atoms with E-state index in [-0.39, 0.29) is 10.6 Å². The Morgan fingerprint density at radius 2 is 1.48 bits per heavy atom. The second-order valence-electron chi connectivity index (χ2n) is 6.31. The van der Waals surface area contributed by atoms with E-state index in [1.54, 1.807) is 42.5 Å². The van der Waals surface area contributed by atoms with Gasteiger partial charge in [-0.15, -0.1) is 0 Å². The van der Waals surface area contributed by atoms with E-state index in [1.807, 2.05) is 6.92 Å². The fourth-order valence-corrected chi connectivity index (χ4v) is 4.11. The molecule has 3 aromatic carbocycles. The summed E-state index contributed by atoms with van der Waals surface area (Å²) in [4.78, 5) is 12.5. The zero-order chi connectivity index (χ0) is 21.0. The standard InChI is InChI=1S/C21H18F2N2O3S/c1-15-10-12-16(13-11-15)25(29(27,28)17-6-3-2-4-7-17)14-20(26)24-21-18(22)8-5-9-19(21)23/h2-13H,14H2,1H3,(H,24,26). The first kappa shape index (κ1) is 20.5. The number of hydrogen-bond donors (Lipinski definition) is 1. The number of aryl methyl sites for hydroxylation is 1. The van der Waals surface area contributed by atoms with E-state index in [1.165, 1.54) is 18.2 Å². The molecular formula is C21H18F2N2O3S. The fraction of sp³-hybridized carbons (Fsp3) is 0.0952. The molecule has 150 valence electrons. The second-order valence-corrected chi connectivity index (χ2v) is 8.17. The number of anilines is 2. The highest BCUT2D eigenvalue weighted by Gasteiger charge is 2.27. The summed E-state index contributed by atoms with van der Waals surface area (Å²) < 4.78 is 54.8. The minimum absolute atomic E-state index is 0.00885. The number of sulfonamides is 1. The number of amides is 1. The van der Waals surface area contributed by atoms with E-state index in [2.05, 4.69) is 5.32 Å². The van der Waals surface area contributed by atoms with Crippen LogP contribution in [0, 0.1) is 18.6 Å². The van der Waals surface area contributed by atoms with Crippen LogP contribution in [-0.2, 0) is 14.8 Å². The van der Waals surface area contributed by atoms with Gasteiger partial charge >= 0.3 is 0 Å². The van der Waals surface area contributed by atoms with Crippen LogP contribution in [0.2, 0.25) is 0 Å². The molecule has 8 heteroatoms. The Bertz CT molecular complexity index is 1100. The quantitative estimate of drug-likeness (QED) is 0.658. The van der Waals surface area contributed by atoms with Crippen LogP contribution in [0.15, 0.2) is 77.7 Å². The third-order valence-corrected chi connectivity index (χ3v) is 5.96. The van der Waals surface area contributed by atoms with Gasteiger partial charge in [-0.05, 0) is 43.3 Å². The van der Waals surface area contributed by atoms with Crippen molar-refractivity contribution in [2.45, 2.75) is 11.8 Å². The molecule has 1 N–H and O–H groups in total. The molecule has 0 saturated carbocycles. The molecule has 0 saturated heterocycles. The van der Waals surface area contributed by atoms with Crippen LogP contribution in [-0.4, -0.2) is 20.9 Å². The summed E-state index contributed by atoms with van der Waals surface area (Å²) in [6.07, 6.45) is 0. The van der Waals surface area contributed by atoms with Gasteiger partial charge in [-0.2, -0.15) is 0 Å². The lowest BCUT2D eigenvalue weighted by molar-refractivity contribution is -0.114. The molecule has 5 nitrogen and oxygen atoms in total. The normalized spacial score (nSPS) is 11.1. The number of nitrogens with zero attached hydrogens (tertiary/aromatic N) is 1. The van der Waals surface area contributed by atoms with Crippen molar-refractivity contribution < 1.29 is 22.0 Å². The van der Waals surface area contributed by atoms with E-state index in [4.69, 9.17) is 0 Å². The number of rotatable bonds is 6. The molecule has 0 atom stereocenters. The van der Waals surface area contributed by atoms with Gasteiger partial charge in [-0.3, -0.25) is 9.10 Å². The molecule has 0 fully saturated rings. The smallest absolute Gasteiger partial charge is 0.264 e. The maximum absolute atomic E-state index is 13.8. The van der Waals surface area contributed by atoms with Gasteiger partial charge < -0.3 is 5.32 Å². The first-order chi connectivity index (χ1) is 13.8. The van der Waals surface area contributed by atoms with Crippen molar-refractivity contribution in [2.24, 2.45) is 0 Å². The Balaban J connectivity index is 1.96. The van der Waals surface area contributed by atoms with Gasteiger partial charge in [0.1, 0.15) is 23.9 Å². The molecule has 3 aromatic rings. The van der Waals surface area contributed by atoms with Gasteiger partial charge in [0.15, 0.2) is 0 Å². The van der Waals surface area contributed by atoms with Crippen LogP contribution in [0.1, 0.15) is 5.56 Å². The number of para-hydroxylation sites is 1. The van der Waals surface area contributed by atoms with E-state index >= 15 is 0 Å². The summed E-state index contributed by atoms with van der Waals surface area (Å²) in [5, 5.41) is 2.12. The van der Waals surface area contributed by atoms with Crippen LogP contribution in [0.25, 0.3) is 0 Å². The van der Waals surface area contributed by atoms with E-state index in [0.717, 1.165) is 22.0 Å². The highest BCUT2D eigenvalue weighted by molar-refractivity contribution is 7.92.